The summed E-state index contributed by atoms with van der Waals surface area (Å²) in [6, 6.07) is 0.631. The highest BCUT2D eigenvalue weighted by Crippen LogP contribution is 2.16. The number of allylic oxidation sites excluding steroid dienone is 6. The van der Waals surface area contributed by atoms with Gasteiger partial charge in [0.15, 0.2) is 0 Å². The van der Waals surface area contributed by atoms with E-state index in [1.165, 1.54) is 5.57 Å². The van der Waals surface area contributed by atoms with Crippen molar-refractivity contribution in [3.8, 4) is 0 Å². The van der Waals surface area contributed by atoms with Crippen LogP contribution in [0.5, 0.6) is 0 Å². The fourth-order valence-corrected chi connectivity index (χ4v) is 1.77. The Morgan fingerprint density at radius 3 is 1.29 bits per heavy atom. The molecule has 1 aliphatic carbocycles. The molecule has 1 heterocycles. The second-order valence-corrected chi connectivity index (χ2v) is 8.52. The minimum Gasteiger partial charge on any atom is -0.371 e. The smallest absolute Gasteiger partial charge is 0.0746 e. The van der Waals surface area contributed by atoms with E-state index in [0.29, 0.717) is 12.0 Å². The average molecular weight is 436 g/mol. The Kier molecular flexibility index (Phi) is 42.7. The topological polar surface area (TPSA) is 3.24 Å². The molecule has 31 heavy (non-hydrogen) atoms. The molecule has 0 N–H and O–H groups in total. The minimum absolute atomic E-state index is 0.631. The first kappa shape index (κ1) is 39.9. The Balaban J connectivity index is -0.0000000938. The van der Waals surface area contributed by atoms with Crippen LogP contribution >= 0.6 is 0 Å². The lowest BCUT2D eigenvalue weighted by Gasteiger charge is -2.24. The van der Waals surface area contributed by atoms with E-state index >= 15 is 0 Å². The Labute approximate surface area is 200 Å². The standard InChI is InChI=1S/C8H13N.C8H12.2C4H10.C2H6.2C2H5/c1-8(2)9-6-4-3-5-7-9;1-7(2)8-5-3-4-6-8;2*1-4(2)3;3*1-2/h3-6,8H,7H2,1-2H3;3,5-7H,4H2,1-2H3;2*4H,1-3H3;1-2H3;2*1H2,2H3/q;;;;;2*+1. The molecule has 184 valence electrons. The summed E-state index contributed by atoms with van der Waals surface area (Å²) in [5.74, 6) is 2.38. The molecule has 0 fully saturated rings. The summed E-state index contributed by atoms with van der Waals surface area (Å²) in [7, 11) is 0. The molecular formula is C30H61N+2. The van der Waals surface area contributed by atoms with Crippen LogP contribution in [0.2, 0.25) is 0 Å². The van der Waals surface area contributed by atoms with Crippen LogP contribution in [0, 0.1) is 31.6 Å². The summed E-state index contributed by atoms with van der Waals surface area (Å²) in [6.45, 7) is 36.9. The Morgan fingerprint density at radius 1 is 0.710 bits per heavy atom. The number of nitrogens with zero attached hydrogens (tertiary/aromatic N) is 1. The molecule has 0 radical (unpaired) electrons. The zero-order valence-electron chi connectivity index (χ0n) is 24.1. The van der Waals surface area contributed by atoms with Gasteiger partial charge in [-0.15, -0.1) is 0 Å². The van der Waals surface area contributed by atoms with Crippen molar-refractivity contribution in [1.82, 2.24) is 4.90 Å². The molecule has 2 rings (SSSR count). The molecule has 0 spiro atoms. The fourth-order valence-electron chi connectivity index (χ4n) is 1.77. The second kappa shape index (κ2) is 33.1. The van der Waals surface area contributed by atoms with Gasteiger partial charge in [-0.2, -0.15) is 0 Å². The van der Waals surface area contributed by atoms with Crippen LogP contribution in [0.3, 0.4) is 0 Å². The molecule has 1 nitrogen and oxygen atoms in total. The van der Waals surface area contributed by atoms with Gasteiger partial charge in [0.1, 0.15) is 0 Å². The molecule has 1 aliphatic heterocycles. The Bertz CT molecular complexity index is 395. The number of hydrogen-bond acceptors (Lipinski definition) is 1. The van der Waals surface area contributed by atoms with E-state index in [4.69, 9.17) is 0 Å². The van der Waals surface area contributed by atoms with Crippen LogP contribution in [-0.4, -0.2) is 17.5 Å². The van der Waals surface area contributed by atoms with Gasteiger partial charge in [0.2, 0.25) is 0 Å². The predicted molar refractivity (Wildman–Crippen MR) is 151 cm³/mol. The van der Waals surface area contributed by atoms with E-state index < -0.39 is 0 Å². The fraction of sp³-hybridized carbons (Fsp3) is 0.667. The van der Waals surface area contributed by atoms with Crippen LogP contribution < -0.4 is 0 Å². The third-order valence-corrected chi connectivity index (χ3v) is 2.97. The maximum absolute atomic E-state index is 3.25. The van der Waals surface area contributed by atoms with Crippen LogP contribution in [0.4, 0.5) is 0 Å². The lowest BCUT2D eigenvalue weighted by molar-refractivity contribution is 0.339. The van der Waals surface area contributed by atoms with Crippen molar-refractivity contribution in [3.05, 3.63) is 62.1 Å². The molecule has 0 aromatic rings. The first-order valence-corrected chi connectivity index (χ1v) is 12.4. The van der Waals surface area contributed by atoms with Gasteiger partial charge in [0, 0.05) is 12.6 Å². The van der Waals surface area contributed by atoms with Crippen molar-refractivity contribution < 1.29 is 0 Å². The number of rotatable bonds is 2. The van der Waals surface area contributed by atoms with Crippen molar-refractivity contribution in [3.63, 3.8) is 0 Å². The summed E-state index contributed by atoms with van der Waals surface area (Å²) in [4.78, 5) is 2.29. The zero-order valence-corrected chi connectivity index (χ0v) is 24.1. The summed E-state index contributed by atoms with van der Waals surface area (Å²) in [5, 5.41) is 0. The van der Waals surface area contributed by atoms with Crippen molar-refractivity contribution in [1.29, 1.82) is 0 Å². The molecule has 0 unspecified atom stereocenters. The minimum atomic E-state index is 0.631. The highest BCUT2D eigenvalue weighted by molar-refractivity contribution is 5.27. The lowest BCUT2D eigenvalue weighted by atomic mass is 10.1. The normalized spacial score (nSPS) is 12.5. The van der Waals surface area contributed by atoms with E-state index in [-0.39, 0.29) is 0 Å². The monoisotopic (exact) mass is 435 g/mol. The first-order valence-electron chi connectivity index (χ1n) is 12.4. The number of hydrogen-bond donors (Lipinski definition) is 0. The predicted octanol–water partition coefficient (Wildman–Crippen LogP) is 10.3. The molecule has 0 saturated carbocycles. The molecule has 0 amide bonds. The van der Waals surface area contributed by atoms with E-state index in [1.54, 1.807) is 13.8 Å². The van der Waals surface area contributed by atoms with Crippen molar-refractivity contribution in [2.45, 2.75) is 109 Å². The van der Waals surface area contributed by atoms with Crippen LogP contribution in [0.15, 0.2) is 48.2 Å². The Morgan fingerprint density at radius 2 is 1.13 bits per heavy atom. The Hall–Kier alpha value is -1.50. The second-order valence-electron chi connectivity index (χ2n) is 8.52. The summed E-state index contributed by atoms with van der Waals surface area (Å²) >= 11 is 0. The van der Waals surface area contributed by atoms with Crippen LogP contribution in [0.25, 0.3) is 0 Å². The molecule has 0 saturated heterocycles. The molecule has 1 heteroatoms. The van der Waals surface area contributed by atoms with Gasteiger partial charge in [-0.1, -0.05) is 99.6 Å². The highest BCUT2D eigenvalue weighted by Gasteiger charge is 2.02. The lowest BCUT2D eigenvalue weighted by Crippen LogP contribution is -2.26. The zero-order chi connectivity index (χ0) is 25.8. The van der Waals surface area contributed by atoms with E-state index in [2.05, 4.69) is 131 Å². The van der Waals surface area contributed by atoms with E-state index in [9.17, 15) is 0 Å². The summed E-state index contributed by atoms with van der Waals surface area (Å²) in [6.07, 6.45) is 16.3. The molecule has 0 bridgehead atoms. The molecule has 2 aliphatic rings. The van der Waals surface area contributed by atoms with Crippen molar-refractivity contribution in [2.24, 2.45) is 17.8 Å². The maximum Gasteiger partial charge on any atom is 0.0746 e. The van der Waals surface area contributed by atoms with Gasteiger partial charge in [0.25, 0.3) is 0 Å². The third-order valence-electron chi connectivity index (χ3n) is 2.97. The van der Waals surface area contributed by atoms with Crippen LogP contribution in [-0.2, 0) is 0 Å². The summed E-state index contributed by atoms with van der Waals surface area (Å²) < 4.78 is 0. The van der Waals surface area contributed by atoms with Gasteiger partial charge in [-0.3, -0.25) is 0 Å². The quantitative estimate of drug-likeness (QED) is 0.390. The van der Waals surface area contributed by atoms with E-state index in [1.807, 2.05) is 13.8 Å². The van der Waals surface area contributed by atoms with Gasteiger partial charge in [0.05, 0.1) is 27.7 Å². The largest absolute Gasteiger partial charge is 0.371 e. The molecule has 0 aromatic heterocycles. The van der Waals surface area contributed by atoms with Gasteiger partial charge >= 0.3 is 0 Å². The van der Waals surface area contributed by atoms with Gasteiger partial charge < -0.3 is 4.90 Å². The molecular weight excluding hydrogens is 374 g/mol. The van der Waals surface area contributed by atoms with Gasteiger partial charge in [-0.25, -0.2) is 0 Å². The van der Waals surface area contributed by atoms with E-state index in [0.717, 1.165) is 24.8 Å². The van der Waals surface area contributed by atoms with Crippen molar-refractivity contribution >= 4 is 0 Å². The molecule has 0 atom stereocenters. The first-order chi connectivity index (χ1) is 14.6. The SMILES string of the molecule is CC.CC(C)C.CC(C)C.CC(C)C1=CCC=C1.CC(C)N1C=CC=CC1.[CH2+]C.[CH2+]C. The van der Waals surface area contributed by atoms with Gasteiger partial charge in [-0.05, 0) is 55.9 Å². The average Bonchev–Trinajstić information content (AvgIpc) is 3.28. The maximum atomic E-state index is 3.25. The van der Waals surface area contributed by atoms with Crippen molar-refractivity contribution in [2.75, 3.05) is 6.54 Å². The summed E-state index contributed by atoms with van der Waals surface area (Å²) in [5.41, 5.74) is 1.49. The highest BCUT2D eigenvalue weighted by atomic mass is 15.1. The third kappa shape index (κ3) is 43.3. The molecule has 0 aromatic carbocycles. The van der Waals surface area contributed by atoms with Crippen LogP contribution in [0.1, 0.15) is 103 Å².